The van der Waals surface area contributed by atoms with Gasteiger partial charge in [-0.2, -0.15) is 0 Å². The van der Waals surface area contributed by atoms with Gasteiger partial charge in [0.05, 0.1) is 11.5 Å². The van der Waals surface area contributed by atoms with Gasteiger partial charge in [-0.05, 0) is 55.5 Å². The maximum Gasteiger partial charge on any atom is 0.326 e. The monoisotopic (exact) mass is 455 g/mol. The molecular formula is C24H25NO4S2. The summed E-state index contributed by atoms with van der Waals surface area (Å²) in [6.45, 7) is 2.30. The summed E-state index contributed by atoms with van der Waals surface area (Å²) >= 11 is 6.61. The molecule has 0 spiro atoms. The molecular weight excluding hydrogens is 430 g/mol. The van der Waals surface area contributed by atoms with Crippen LogP contribution in [0.15, 0.2) is 41.3 Å². The highest BCUT2D eigenvalue weighted by Gasteiger charge is 2.34. The Morgan fingerprint density at radius 3 is 2.74 bits per heavy atom. The third-order valence-corrected chi connectivity index (χ3v) is 6.89. The molecule has 2 aromatic carbocycles. The minimum Gasteiger partial charge on any atom is -0.493 e. The lowest BCUT2D eigenvalue weighted by Crippen LogP contribution is -2.36. The van der Waals surface area contributed by atoms with E-state index in [1.165, 1.54) is 23.1 Å². The van der Waals surface area contributed by atoms with Gasteiger partial charge in [-0.15, -0.1) is 0 Å². The highest BCUT2D eigenvalue weighted by atomic mass is 32.2. The minimum atomic E-state index is -0.399. The molecule has 5 nitrogen and oxygen atoms in total. The Balaban J connectivity index is 1.56. The fourth-order valence-corrected chi connectivity index (χ4v) is 5.25. The highest BCUT2D eigenvalue weighted by Crippen LogP contribution is 2.37. The molecule has 162 valence electrons. The summed E-state index contributed by atoms with van der Waals surface area (Å²) in [5, 5.41) is 2.05. The predicted molar refractivity (Wildman–Crippen MR) is 128 cm³/mol. The van der Waals surface area contributed by atoms with Crippen molar-refractivity contribution in [3.63, 3.8) is 0 Å². The third-order valence-electron chi connectivity index (χ3n) is 5.52. The molecule has 0 unspecified atom stereocenters. The van der Waals surface area contributed by atoms with E-state index in [0.717, 1.165) is 42.0 Å². The first-order valence-electron chi connectivity index (χ1n) is 10.7. The average Bonchev–Trinajstić information content (AvgIpc) is 3.03. The summed E-state index contributed by atoms with van der Waals surface area (Å²) in [6.07, 6.45) is 6.91. The van der Waals surface area contributed by atoms with Crippen LogP contribution in [-0.4, -0.2) is 40.4 Å². The van der Waals surface area contributed by atoms with E-state index >= 15 is 0 Å². The molecule has 31 heavy (non-hydrogen) atoms. The fourth-order valence-electron chi connectivity index (χ4n) is 4.01. The number of benzene rings is 2. The number of thiocarbonyl (C=S) groups is 1. The molecule has 2 aliphatic rings. The number of carbonyl (C=O) groups excluding carboxylic acids is 2. The summed E-state index contributed by atoms with van der Waals surface area (Å²) in [5.74, 6) is 0.0405. The van der Waals surface area contributed by atoms with E-state index in [2.05, 4.69) is 0 Å². The molecule has 1 saturated heterocycles. The zero-order chi connectivity index (χ0) is 21.8. The lowest BCUT2D eigenvalue weighted by Gasteiger charge is -2.23. The number of thioether (sulfide) groups is 1. The summed E-state index contributed by atoms with van der Waals surface area (Å²) in [4.78, 5) is 27.3. The first kappa shape index (κ1) is 21.8. The van der Waals surface area contributed by atoms with Gasteiger partial charge < -0.3 is 9.47 Å². The van der Waals surface area contributed by atoms with Gasteiger partial charge in [-0.25, -0.2) is 0 Å². The molecule has 4 rings (SSSR count). The van der Waals surface area contributed by atoms with Crippen LogP contribution in [-0.2, 0) is 14.3 Å². The van der Waals surface area contributed by atoms with E-state index in [4.69, 9.17) is 21.7 Å². The lowest BCUT2D eigenvalue weighted by molar-refractivity contribution is -0.152. The first-order valence-corrected chi connectivity index (χ1v) is 11.9. The van der Waals surface area contributed by atoms with Crippen molar-refractivity contribution in [3.8, 4) is 5.75 Å². The highest BCUT2D eigenvalue weighted by molar-refractivity contribution is 8.26. The van der Waals surface area contributed by atoms with Crippen molar-refractivity contribution < 1.29 is 19.1 Å². The van der Waals surface area contributed by atoms with Crippen molar-refractivity contribution in [2.24, 2.45) is 0 Å². The van der Waals surface area contributed by atoms with Crippen molar-refractivity contribution in [1.29, 1.82) is 0 Å². The van der Waals surface area contributed by atoms with E-state index in [-0.39, 0.29) is 18.6 Å². The van der Waals surface area contributed by atoms with Crippen LogP contribution in [0.3, 0.4) is 0 Å². The SMILES string of the molecule is CCOc1ccc2ccccc2c1/C=C1\SC(=S)N(CC(=O)OC2CCCCC2)C1=O. The Morgan fingerprint density at radius 1 is 1.19 bits per heavy atom. The predicted octanol–water partition coefficient (Wildman–Crippen LogP) is 5.32. The van der Waals surface area contributed by atoms with Crippen molar-refractivity contribution in [2.75, 3.05) is 13.2 Å². The van der Waals surface area contributed by atoms with Crippen LogP contribution in [0.5, 0.6) is 5.75 Å². The van der Waals surface area contributed by atoms with Crippen LogP contribution >= 0.6 is 24.0 Å². The average molecular weight is 456 g/mol. The lowest BCUT2D eigenvalue weighted by atomic mass is 9.98. The molecule has 0 aromatic heterocycles. The molecule has 0 atom stereocenters. The zero-order valence-electron chi connectivity index (χ0n) is 17.5. The number of esters is 1. The molecule has 1 aliphatic heterocycles. The van der Waals surface area contributed by atoms with Gasteiger partial charge in [-0.1, -0.05) is 60.7 Å². The molecule has 1 saturated carbocycles. The molecule has 2 aromatic rings. The summed E-state index contributed by atoms with van der Waals surface area (Å²) in [7, 11) is 0. The zero-order valence-corrected chi connectivity index (χ0v) is 19.1. The molecule has 0 radical (unpaired) electrons. The number of amides is 1. The minimum absolute atomic E-state index is 0.0420. The van der Waals surface area contributed by atoms with Crippen molar-refractivity contribution >= 4 is 57.0 Å². The normalized spacial score (nSPS) is 18.7. The Hall–Kier alpha value is -2.38. The van der Waals surface area contributed by atoms with E-state index in [0.29, 0.717) is 21.6 Å². The van der Waals surface area contributed by atoms with Gasteiger partial charge in [0.1, 0.15) is 22.7 Å². The van der Waals surface area contributed by atoms with E-state index in [1.54, 1.807) is 0 Å². The number of ether oxygens (including phenoxy) is 2. The van der Waals surface area contributed by atoms with E-state index in [9.17, 15) is 9.59 Å². The van der Waals surface area contributed by atoms with E-state index < -0.39 is 5.97 Å². The van der Waals surface area contributed by atoms with E-state index in [1.807, 2.05) is 49.4 Å². The smallest absolute Gasteiger partial charge is 0.326 e. The summed E-state index contributed by atoms with van der Waals surface area (Å²) < 4.78 is 11.7. The van der Waals surface area contributed by atoms with Crippen molar-refractivity contribution in [2.45, 2.75) is 45.1 Å². The second kappa shape index (κ2) is 9.83. The standard InChI is InChI=1S/C24H25NO4S2/c1-2-28-20-13-12-16-8-6-7-11-18(16)19(20)14-21-23(27)25(24(30)31-21)15-22(26)29-17-9-4-3-5-10-17/h6-8,11-14,17H,2-5,9-10,15H2,1H3/b21-14-. The molecule has 1 aliphatic carbocycles. The Bertz CT molecular complexity index is 1040. The maximum absolute atomic E-state index is 13.1. The van der Waals surface area contributed by atoms with Gasteiger partial charge in [-0.3, -0.25) is 14.5 Å². The largest absolute Gasteiger partial charge is 0.493 e. The van der Waals surface area contributed by atoms with Crippen molar-refractivity contribution in [3.05, 3.63) is 46.9 Å². The second-order valence-corrected chi connectivity index (χ2v) is 9.33. The second-order valence-electron chi connectivity index (χ2n) is 7.65. The topological polar surface area (TPSA) is 55.8 Å². The van der Waals surface area contributed by atoms with Crippen LogP contribution in [0.1, 0.15) is 44.6 Å². The Kier molecular flexibility index (Phi) is 6.92. The Labute approximate surface area is 191 Å². The number of nitrogens with zero attached hydrogens (tertiary/aromatic N) is 1. The van der Waals surface area contributed by atoms with Crippen LogP contribution in [0.4, 0.5) is 0 Å². The number of carbonyl (C=O) groups is 2. The Morgan fingerprint density at radius 2 is 1.97 bits per heavy atom. The number of hydrogen-bond donors (Lipinski definition) is 0. The van der Waals surface area contributed by atoms with Crippen LogP contribution in [0, 0.1) is 0 Å². The number of rotatable bonds is 6. The van der Waals surface area contributed by atoms with Gasteiger partial charge in [0.25, 0.3) is 5.91 Å². The molecule has 0 N–H and O–H groups in total. The molecule has 1 amide bonds. The van der Waals surface area contributed by atoms with Gasteiger partial charge in [0.2, 0.25) is 0 Å². The van der Waals surface area contributed by atoms with Crippen LogP contribution in [0.2, 0.25) is 0 Å². The molecule has 1 heterocycles. The summed E-state index contributed by atoms with van der Waals surface area (Å²) in [5.41, 5.74) is 0.838. The third kappa shape index (κ3) is 4.93. The maximum atomic E-state index is 13.1. The molecule has 7 heteroatoms. The van der Waals surface area contributed by atoms with Crippen molar-refractivity contribution in [1.82, 2.24) is 4.90 Å². The van der Waals surface area contributed by atoms with Gasteiger partial charge in [0, 0.05) is 5.56 Å². The number of hydrogen-bond acceptors (Lipinski definition) is 6. The van der Waals surface area contributed by atoms with Gasteiger partial charge >= 0.3 is 5.97 Å². The molecule has 0 bridgehead atoms. The van der Waals surface area contributed by atoms with Crippen LogP contribution < -0.4 is 4.74 Å². The fraction of sp³-hybridized carbons (Fsp3) is 0.375. The molecule has 2 fully saturated rings. The quantitative estimate of drug-likeness (QED) is 0.334. The van der Waals surface area contributed by atoms with Crippen LogP contribution in [0.25, 0.3) is 16.8 Å². The van der Waals surface area contributed by atoms with Gasteiger partial charge in [0.15, 0.2) is 0 Å². The first-order chi connectivity index (χ1) is 15.1. The summed E-state index contributed by atoms with van der Waals surface area (Å²) in [6, 6.07) is 11.9. The number of fused-ring (bicyclic) bond motifs is 1.